The summed E-state index contributed by atoms with van der Waals surface area (Å²) < 4.78 is 0. The standard InChI is InChI=1S/C18H23N3O4/c19-11-15(22)21-14(18(24)25)10-13(17(23)20-8-4-5-9-20)16(21)12-6-2-1-3-7-12/h1-3,6-7,13-14,16H,4-5,8-11,19H2,(H,24,25). The van der Waals surface area contributed by atoms with E-state index in [9.17, 15) is 19.5 Å². The zero-order valence-electron chi connectivity index (χ0n) is 14.0. The molecule has 0 aliphatic carbocycles. The summed E-state index contributed by atoms with van der Waals surface area (Å²) in [6, 6.07) is 7.53. The molecule has 2 heterocycles. The molecule has 0 bridgehead atoms. The smallest absolute Gasteiger partial charge is 0.326 e. The summed E-state index contributed by atoms with van der Waals surface area (Å²) in [6.07, 6.45) is 2.04. The van der Waals surface area contributed by atoms with Crippen molar-refractivity contribution in [2.45, 2.75) is 31.3 Å². The Kier molecular flexibility index (Phi) is 5.03. The molecule has 2 aliphatic heterocycles. The number of carbonyl (C=O) groups excluding carboxylic acids is 2. The first-order valence-electron chi connectivity index (χ1n) is 8.62. The molecule has 7 nitrogen and oxygen atoms in total. The Bertz CT molecular complexity index is 658. The normalized spacial score (nSPS) is 26.0. The second-order valence-corrected chi connectivity index (χ2v) is 6.59. The number of carboxylic acids is 1. The first-order valence-corrected chi connectivity index (χ1v) is 8.62. The predicted molar refractivity (Wildman–Crippen MR) is 90.4 cm³/mol. The van der Waals surface area contributed by atoms with E-state index >= 15 is 0 Å². The number of rotatable bonds is 4. The van der Waals surface area contributed by atoms with E-state index in [0.29, 0.717) is 13.1 Å². The maximum atomic E-state index is 13.0. The van der Waals surface area contributed by atoms with Crippen LogP contribution in [-0.4, -0.2) is 58.4 Å². The van der Waals surface area contributed by atoms with E-state index < -0.39 is 29.9 Å². The van der Waals surface area contributed by atoms with Gasteiger partial charge in [-0.3, -0.25) is 9.59 Å². The van der Waals surface area contributed by atoms with Gasteiger partial charge in [0.1, 0.15) is 6.04 Å². The highest BCUT2D eigenvalue weighted by molar-refractivity contribution is 5.89. The average molecular weight is 345 g/mol. The summed E-state index contributed by atoms with van der Waals surface area (Å²) in [4.78, 5) is 40.3. The van der Waals surface area contributed by atoms with Gasteiger partial charge in [-0.15, -0.1) is 0 Å². The van der Waals surface area contributed by atoms with Crippen LogP contribution >= 0.6 is 0 Å². The Morgan fingerprint density at radius 1 is 1.12 bits per heavy atom. The molecule has 3 rings (SSSR count). The molecule has 3 atom stereocenters. The van der Waals surface area contributed by atoms with Crippen LogP contribution in [0, 0.1) is 5.92 Å². The molecule has 0 aromatic heterocycles. The lowest BCUT2D eigenvalue weighted by atomic mass is 9.91. The number of benzene rings is 1. The molecule has 3 unspecified atom stereocenters. The van der Waals surface area contributed by atoms with Gasteiger partial charge in [-0.1, -0.05) is 30.3 Å². The second kappa shape index (κ2) is 7.23. The number of carbonyl (C=O) groups is 3. The molecule has 0 radical (unpaired) electrons. The number of amides is 2. The maximum absolute atomic E-state index is 13.0. The molecule has 1 aromatic carbocycles. The lowest BCUT2D eigenvalue weighted by Gasteiger charge is -2.31. The fourth-order valence-corrected chi connectivity index (χ4v) is 3.98. The van der Waals surface area contributed by atoms with E-state index in [1.807, 2.05) is 30.3 Å². The van der Waals surface area contributed by atoms with E-state index in [1.54, 1.807) is 4.90 Å². The van der Waals surface area contributed by atoms with Crippen LogP contribution in [0.25, 0.3) is 0 Å². The molecule has 2 amide bonds. The minimum absolute atomic E-state index is 0.0649. The van der Waals surface area contributed by atoms with Crippen molar-refractivity contribution in [2.75, 3.05) is 19.6 Å². The molecule has 2 fully saturated rings. The predicted octanol–water partition coefficient (Wildman–Crippen LogP) is 0.611. The van der Waals surface area contributed by atoms with Gasteiger partial charge >= 0.3 is 5.97 Å². The summed E-state index contributed by atoms with van der Waals surface area (Å²) in [5.74, 6) is -2.17. The number of likely N-dealkylation sites (tertiary alicyclic amines) is 2. The van der Waals surface area contributed by atoms with Crippen molar-refractivity contribution < 1.29 is 19.5 Å². The van der Waals surface area contributed by atoms with Crippen molar-refractivity contribution in [3.63, 3.8) is 0 Å². The maximum Gasteiger partial charge on any atom is 0.326 e. The molecule has 7 heteroatoms. The lowest BCUT2D eigenvalue weighted by Crippen LogP contribution is -2.45. The van der Waals surface area contributed by atoms with Gasteiger partial charge in [0.25, 0.3) is 0 Å². The summed E-state index contributed by atoms with van der Waals surface area (Å²) >= 11 is 0. The van der Waals surface area contributed by atoms with E-state index in [1.165, 1.54) is 4.90 Å². The number of hydrogen-bond donors (Lipinski definition) is 2. The third kappa shape index (κ3) is 3.24. The van der Waals surface area contributed by atoms with Crippen molar-refractivity contribution in [2.24, 2.45) is 11.7 Å². The SMILES string of the molecule is NCC(=O)N1C(C(=O)O)CC(C(=O)N2CCCC2)C1c1ccccc1. The van der Waals surface area contributed by atoms with Crippen LogP contribution in [0.15, 0.2) is 30.3 Å². The van der Waals surface area contributed by atoms with Gasteiger partial charge in [0, 0.05) is 13.1 Å². The Balaban J connectivity index is 2.01. The minimum atomic E-state index is -1.10. The summed E-state index contributed by atoms with van der Waals surface area (Å²) in [7, 11) is 0. The van der Waals surface area contributed by atoms with E-state index in [4.69, 9.17) is 5.73 Å². The van der Waals surface area contributed by atoms with Crippen LogP contribution in [0.4, 0.5) is 0 Å². The first-order chi connectivity index (χ1) is 12.0. The Labute approximate surface area is 146 Å². The van der Waals surface area contributed by atoms with Crippen molar-refractivity contribution >= 4 is 17.8 Å². The van der Waals surface area contributed by atoms with Crippen LogP contribution < -0.4 is 5.73 Å². The largest absolute Gasteiger partial charge is 0.480 e. The van der Waals surface area contributed by atoms with Gasteiger partial charge in [-0.25, -0.2) is 4.79 Å². The highest BCUT2D eigenvalue weighted by Crippen LogP contribution is 2.42. The number of nitrogens with zero attached hydrogens (tertiary/aromatic N) is 2. The fourth-order valence-electron chi connectivity index (χ4n) is 3.98. The molecule has 1 aromatic rings. The van der Waals surface area contributed by atoms with Gasteiger partial charge in [-0.2, -0.15) is 0 Å². The molecule has 0 saturated carbocycles. The van der Waals surface area contributed by atoms with Gasteiger partial charge in [0.05, 0.1) is 18.5 Å². The van der Waals surface area contributed by atoms with Crippen molar-refractivity contribution in [3.8, 4) is 0 Å². The molecular weight excluding hydrogens is 322 g/mol. The van der Waals surface area contributed by atoms with Crippen LogP contribution in [-0.2, 0) is 14.4 Å². The van der Waals surface area contributed by atoms with E-state index in [-0.39, 0.29) is 18.9 Å². The minimum Gasteiger partial charge on any atom is -0.480 e. The molecule has 3 N–H and O–H groups in total. The van der Waals surface area contributed by atoms with Crippen molar-refractivity contribution in [3.05, 3.63) is 35.9 Å². The summed E-state index contributed by atoms with van der Waals surface area (Å²) in [6.45, 7) is 1.11. The molecular formula is C18H23N3O4. The van der Waals surface area contributed by atoms with E-state index in [0.717, 1.165) is 18.4 Å². The average Bonchev–Trinajstić information content (AvgIpc) is 3.29. The van der Waals surface area contributed by atoms with Crippen LogP contribution in [0.1, 0.15) is 30.9 Å². The number of nitrogens with two attached hydrogens (primary N) is 1. The zero-order valence-corrected chi connectivity index (χ0v) is 14.0. The highest BCUT2D eigenvalue weighted by Gasteiger charge is 2.51. The Morgan fingerprint density at radius 2 is 1.76 bits per heavy atom. The number of carboxylic acid groups (broad SMARTS) is 1. The monoisotopic (exact) mass is 345 g/mol. The number of hydrogen-bond acceptors (Lipinski definition) is 4. The van der Waals surface area contributed by atoms with E-state index in [2.05, 4.69) is 0 Å². The molecule has 2 aliphatic rings. The number of aliphatic carboxylic acids is 1. The van der Waals surface area contributed by atoms with Crippen LogP contribution in [0.2, 0.25) is 0 Å². The Morgan fingerprint density at radius 3 is 2.32 bits per heavy atom. The zero-order chi connectivity index (χ0) is 18.0. The van der Waals surface area contributed by atoms with Gasteiger partial charge in [-0.05, 0) is 24.8 Å². The van der Waals surface area contributed by atoms with Crippen molar-refractivity contribution in [1.82, 2.24) is 9.80 Å². The highest BCUT2D eigenvalue weighted by atomic mass is 16.4. The topological polar surface area (TPSA) is 104 Å². The van der Waals surface area contributed by atoms with Crippen LogP contribution in [0.5, 0.6) is 0 Å². The second-order valence-electron chi connectivity index (χ2n) is 6.59. The molecule has 2 saturated heterocycles. The first kappa shape index (κ1) is 17.4. The van der Waals surface area contributed by atoms with Crippen molar-refractivity contribution in [1.29, 1.82) is 0 Å². The third-order valence-electron chi connectivity index (χ3n) is 5.12. The van der Waals surface area contributed by atoms with Gasteiger partial charge < -0.3 is 20.6 Å². The third-order valence-corrected chi connectivity index (χ3v) is 5.12. The summed E-state index contributed by atoms with van der Waals surface area (Å²) in [5, 5.41) is 9.60. The lowest BCUT2D eigenvalue weighted by molar-refractivity contribution is -0.149. The molecule has 25 heavy (non-hydrogen) atoms. The fraction of sp³-hybridized carbons (Fsp3) is 0.500. The van der Waals surface area contributed by atoms with Gasteiger partial charge in [0.15, 0.2) is 0 Å². The quantitative estimate of drug-likeness (QED) is 0.832. The summed E-state index contributed by atoms with van der Waals surface area (Å²) in [5.41, 5.74) is 6.29. The molecule has 134 valence electrons. The van der Waals surface area contributed by atoms with Crippen LogP contribution in [0.3, 0.4) is 0 Å². The van der Waals surface area contributed by atoms with Gasteiger partial charge in [0.2, 0.25) is 11.8 Å². The molecule has 0 spiro atoms. The Hall–Kier alpha value is -2.41.